The average Bonchev–Trinajstić information content (AvgIpc) is 3.08. The molecule has 2 heteroatoms. The minimum Gasteiger partial charge on any atom is -0.377 e. The van der Waals surface area contributed by atoms with E-state index in [-0.39, 0.29) is 0 Å². The zero-order chi connectivity index (χ0) is 15.0. The van der Waals surface area contributed by atoms with Gasteiger partial charge < -0.3 is 9.64 Å². The van der Waals surface area contributed by atoms with Gasteiger partial charge in [-0.3, -0.25) is 0 Å². The molecule has 3 aliphatic rings. The van der Waals surface area contributed by atoms with Gasteiger partial charge in [-0.25, -0.2) is 0 Å². The Kier molecular flexibility index (Phi) is 6.81. The quantitative estimate of drug-likeness (QED) is 0.654. The van der Waals surface area contributed by atoms with Gasteiger partial charge >= 0.3 is 0 Å². The fourth-order valence-electron chi connectivity index (χ4n) is 4.44. The van der Waals surface area contributed by atoms with Crippen molar-refractivity contribution in [3.8, 4) is 0 Å². The summed E-state index contributed by atoms with van der Waals surface area (Å²) in [7, 11) is 0. The van der Waals surface area contributed by atoms with E-state index in [1.54, 1.807) is 0 Å². The molecule has 1 aliphatic heterocycles. The van der Waals surface area contributed by atoms with Crippen LogP contribution >= 0.6 is 0 Å². The minimum atomic E-state index is 0.543. The van der Waals surface area contributed by atoms with E-state index in [0.717, 1.165) is 25.0 Å². The highest BCUT2D eigenvalue weighted by molar-refractivity contribution is 4.95. The Morgan fingerprint density at radius 2 is 1.36 bits per heavy atom. The summed E-state index contributed by atoms with van der Waals surface area (Å²) < 4.78 is 6.12. The largest absolute Gasteiger partial charge is 0.377 e. The van der Waals surface area contributed by atoms with E-state index in [2.05, 4.69) is 17.1 Å². The highest BCUT2D eigenvalue weighted by Crippen LogP contribution is 2.30. The van der Waals surface area contributed by atoms with Crippen LogP contribution in [-0.2, 0) is 4.74 Å². The normalized spacial score (nSPS) is 32.0. The third-order valence-corrected chi connectivity index (χ3v) is 5.98. The van der Waals surface area contributed by atoms with Crippen LogP contribution in [0.2, 0.25) is 0 Å². The Morgan fingerprint density at radius 3 is 2.05 bits per heavy atom. The van der Waals surface area contributed by atoms with Crippen molar-refractivity contribution >= 4 is 0 Å². The number of ether oxygens (including phenoxy) is 1. The molecule has 0 atom stereocenters. The molecule has 0 radical (unpaired) electrons. The minimum absolute atomic E-state index is 0.543. The summed E-state index contributed by atoms with van der Waals surface area (Å²) in [5.41, 5.74) is 0. The molecule has 0 spiro atoms. The van der Waals surface area contributed by atoms with Crippen molar-refractivity contribution in [1.82, 2.24) is 4.90 Å². The lowest BCUT2D eigenvalue weighted by Crippen LogP contribution is -2.28. The second-order valence-electron chi connectivity index (χ2n) is 7.74. The predicted molar refractivity (Wildman–Crippen MR) is 93.1 cm³/mol. The predicted octanol–water partition coefficient (Wildman–Crippen LogP) is 4.79. The molecule has 2 nitrogen and oxygen atoms in total. The molecule has 0 N–H and O–H groups in total. The van der Waals surface area contributed by atoms with Crippen LogP contribution in [0.4, 0.5) is 0 Å². The van der Waals surface area contributed by atoms with Crippen LogP contribution in [0.15, 0.2) is 12.2 Å². The van der Waals surface area contributed by atoms with Crippen molar-refractivity contribution in [2.24, 2.45) is 11.8 Å². The zero-order valence-electron chi connectivity index (χ0n) is 14.3. The maximum atomic E-state index is 6.12. The van der Waals surface area contributed by atoms with E-state index in [9.17, 15) is 0 Å². The second kappa shape index (κ2) is 9.08. The van der Waals surface area contributed by atoms with Gasteiger partial charge in [0.25, 0.3) is 0 Å². The summed E-state index contributed by atoms with van der Waals surface area (Å²) >= 11 is 0. The number of nitrogens with zero attached hydrogens (tertiary/aromatic N) is 1. The molecule has 1 heterocycles. The molecule has 0 amide bonds. The maximum Gasteiger partial charge on any atom is 0.0597 e. The smallest absolute Gasteiger partial charge is 0.0597 e. The fraction of sp³-hybridized carbons (Fsp3) is 0.900. The van der Waals surface area contributed by atoms with Crippen molar-refractivity contribution in [2.45, 2.75) is 76.7 Å². The lowest BCUT2D eigenvalue weighted by atomic mass is 9.84. The van der Waals surface area contributed by atoms with E-state index >= 15 is 0 Å². The first-order valence-corrected chi connectivity index (χ1v) is 9.92. The van der Waals surface area contributed by atoms with E-state index in [4.69, 9.17) is 4.74 Å². The van der Waals surface area contributed by atoms with Gasteiger partial charge in [-0.15, -0.1) is 0 Å². The molecule has 3 rings (SSSR count). The molecule has 0 aromatic carbocycles. The Balaban J connectivity index is 1.27. The number of allylic oxidation sites excluding steroid dienone is 2. The molecular weight excluding hydrogens is 270 g/mol. The summed E-state index contributed by atoms with van der Waals surface area (Å²) in [6, 6.07) is 0. The van der Waals surface area contributed by atoms with Gasteiger partial charge in [-0.1, -0.05) is 31.4 Å². The Morgan fingerprint density at radius 1 is 0.727 bits per heavy atom. The van der Waals surface area contributed by atoms with Crippen molar-refractivity contribution in [3.63, 3.8) is 0 Å². The van der Waals surface area contributed by atoms with Crippen molar-refractivity contribution < 1.29 is 4.74 Å². The lowest BCUT2D eigenvalue weighted by Gasteiger charge is -2.28. The van der Waals surface area contributed by atoms with E-state index in [1.807, 2.05) is 0 Å². The monoisotopic (exact) mass is 305 g/mol. The second-order valence-corrected chi connectivity index (χ2v) is 7.74. The van der Waals surface area contributed by atoms with Crippen LogP contribution < -0.4 is 0 Å². The van der Waals surface area contributed by atoms with Crippen LogP contribution in [0.1, 0.15) is 70.6 Å². The molecule has 1 saturated heterocycles. The molecule has 2 saturated carbocycles. The summed E-state index contributed by atoms with van der Waals surface area (Å²) in [6.45, 7) is 4.69. The van der Waals surface area contributed by atoms with Gasteiger partial charge in [-0.05, 0) is 76.3 Å². The van der Waals surface area contributed by atoms with Crippen LogP contribution in [0, 0.1) is 11.8 Å². The Labute approximate surface area is 137 Å². The molecule has 2 aliphatic carbocycles. The van der Waals surface area contributed by atoms with Crippen LogP contribution in [-0.4, -0.2) is 37.2 Å². The molecular formula is C20H35NO. The highest BCUT2D eigenvalue weighted by Gasteiger charge is 2.21. The van der Waals surface area contributed by atoms with Gasteiger partial charge in [0, 0.05) is 6.54 Å². The number of hydrogen-bond acceptors (Lipinski definition) is 2. The van der Waals surface area contributed by atoms with Crippen LogP contribution in [0.3, 0.4) is 0 Å². The zero-order valence-corrected chi connectivity index (χ0v) is 14.3. The lowest BCUT2D eigenvalue weighted by molar-refractivity contribution is 0.0133. The van der Waals surface area contributed by atoms with Gasteiger partial charge in [0.05, 0.1) is 12.7 Å². The molecule has 3 fully saturated rings. The van der Waals surface area contributed by atoms with Crippen molar-refractivity contribution in [2.75, 3.05) is 26.2 Å². The number of hydrogen-bond donors (Lipinski definition) is 0. The topological polar surface area (TPSA) is 12.5 Å². The SMILES string of the molecule is C(=C\C1CCC(OCCN2CCCC2)CC1)/C1CCCCC1. The highest BCUT2D eigenvalue weighted by atomic mass is 16.5. The Hall–Kier alpha value is -0.340. The van der Waals surface area contributed by atoms with Gasteiger partial charge in [-0.2, -0.15) is 0 Å². The molecule has 0 unspecified atom stereocenters. The number of rotatable bonds is 6. The van der Waals surface area contributed by atoms with E-state index < -0.39 is 0 Å². The summed E-state index contributed by atoms with van der Waals surface area (Å²) in [5.74, 6) is 1.73. The number of likely N-dealkylation sites (tertiary alicyclic amines) is 1. The van der Waals surface area contributed by atoms with Crippen LogP contribution in [0.5, 0.6) is 0 Å². The molecule has 0 aromatic heterocycles. The van der Waals surface area contributed by atoms with Crippen molar-refractivity contribution in [1.29, 1.82) is 0 Å². The van der Waals surface area contributed by atoms with Gasteiger partial charge in [0.1, 0.15) is 0 Å². The van der Waals surface area contributed by atoms with Gasteiger partial charge in [0.2, 0.25) is 0 Å². The van der Waals surface area contributed by atoms with E-state index in [1.165, 1.54) is 83.7 Å². The van der Waals surface area contributed by atoms with Crippen LogP contribution in [0.25, 0.3) is 0 Å². The molecule has 0 bridgehead atoms. The summed E-state index contributed by atoms with van der Waals surface area (Å²) in [4.78, 5) is 2.55. The van der Waals surface area contributed by atoms with E-state index in [0.29, 0.717) is 6.10 Å². The molecule has 126 valence electrons. The maximum absolute atomic E-state index is 6.12. The standard InChI is InChI=1S/C20H35NO/c1-2-6-18(7-3-1)8-9-19-10-12-20(13-11-19)22-17-16-21-14-4-5-15-21/h8-9,18-20H,1-7,10-17H2/b9-8+. The Bertz CT molecular complexity index is 321. The fourth-order valence-corrected chi connectivity index (χ4v) is 4.44. The van der Waals surface area contributed by atoms with Crippen molar-refractivity contribution in [3.05, 3.63) is 12.2 Å². The average molecular weight is 306 g/mol. The molecule has 22 heavy (non-hydrogen) atoms. The first-order chi connectivity index (χ1) is 10.9. The first-order valence-electron chi connectivity index (χ1n) is 9.92. The van der Waals surface area contributed by atoms with Gasteiger partial charge in [0.15, 0.2) is 0 Å². The first kappa shape index (κ1) is 16.5. The molecule has 0 aromatic rings. The third-order valence-electron chi connectivity index (χ3n) is 5.98. The summed E-state index contributed by atoms with van der Waals surface area (Å²) in [6.07, 6.45) is 20.9. The summed E-state index contributed by atoms with van der Waals surface area (Å²) in [5, 5.41) is 0. The third kappa shape index (κ3) is 5.38.